The Morgan fingerprint density at radius 2 is 1.72 bits per heavy atom. The molecule has 0 radical (unpaired) electrons. The van der Waals surface area contributed by atoms with Crippen LogP contribution in [0.15, 0.2) is 22.7 Å². The first-order valence-electron chi connectivity index (χ1n) is 8.50. The molecular formula is C18H22BrN3O3. The number of carbonyl (C=O) groups excluding carboxylic acids is 3. The minimum atomic E-state index is -0.605. The van der Waals surface area contributed by atoms with Crippen molar-refractivity contribution in [3.05, 3.63) is 28.2 Å². The predicted molar refractivity (Wildman–Crippen MR) is 98.2 cm³/mol. The Labute approximate surface area is 155 Å². The molecule has 25 heavy (non-hydrogen) atoms. The van der Waals surface area contributed by atoms with Crippen LogP contribution in [0.4, 0.5) is 5.69 Å². The molecule has 1 aromatic rings. The maximum absolute atomic E-state index is 12.8. The molecule has 2 saturated heterocycles. The molecule has 2 heterocycles. The SMILES string of the molecule is CC(=O)N1CCN(C(=O)[C@@H]2CCN(c3ccc(Br)cc3C)C2=O)CC1. The van der Waals surface area contributed by atoms with Crippen molar-refractivity contribution in [2.45, 2.75) is 20.3 Å². The van der Waals surface area contributed by atoms with Gasteiger partial charge in [-0.3, -0.25) is 14.4 Å². The third-order valence-corrected chi connectivity index (χ3v) is 5.48. The van der Waals surface area contributed by atoms with Gasteiger partial charge >= 0.3 is 0 Å². The van der Waals surface area contributed by atoms with Crippen LogP contribution in [0.3, 0.4) is 0 Å². The highest BCUT2D eigenvalue weighted by Gasteiger charge is 2.40. The van der Waals surface area contributed by atoms with E-state index in [1.807, 2.05) is 25.1 Å². The first-order valence-corrected chi connectivity index (χ1v) is 9.29. The highest BCUT2D eigenvalue weighted by Crippen LogP contribution is 2.30. The summed E-state index contributed by atoms with van der Waals surface area (Å²) in [5.41, 5.74) is 1.87. The number of amides is 3. The highest BCUT2D eigenvalue weighted by atomic mass is 79.9. The van der Waals surface area contributed by atoms with E-state index in [2.05, 4.69) is 15.9 Å². The Bertz CT molecular complexity index is 714. The average molecular weight is 408 g/mol. The van der Waals surface area contributed by atoms with E-state index < -0.39 is 5.92 Å². The zero-order valence-electron chi connectivity index (χ0n) is 14.5. The molecule has 0 spiro atoms. The van der Waals surface area contributed by atoms with Gasteiger partial charge in [-0.1, -0.05) is 15.9 Å². The molecule has 2 aliphatic rings. The Morgan fingerprint density at radius 3 is 2.32 bits per heavy atom. The van der Waals surface area contributed by atoms with Crippen molar-refractivity contribution in [1.29, 1.82) is 0 Å². The molecule has 0 saturated carbocycles. The van der Waals surface area contributed by atoms with E-state index in [4.69, 9.17) is 0 Å². The van der Waals surface area contributed by atoms with Gasteiger partial charge < -0.3 is 14.7 Å². The van der Waals surface area contributed by atoms with Crippen molar-refractivity contribution >= 4 is 39.3 Å². The molecule has 6 nitrogen and oxygen atoms in total. The summed E-state index contributed by atoms with van der Waals surface area (Å²) in [5.74, 6) is -0.803. The lowest BCUT2D eigenvalue weighted by Crippen LogP contribution is -2.52. The fourth-order valence-electron chi connectivity index (χ4n) is 3.53. The molecule has 1 atom stereocenters. The molecule has 0 unspecified atom stereocenters. The van der Waals surface area contributed by atoms with Crippen LogP contribution >= 0.6 is 15.9 Å². The van der Waals surface area contributed by atoms with Crippen LogP contribution in [0.1, 0.15) is 18.9 Å². The Morgan fingerprint density at radius 1 is 1.08 bits per heavy atom. The van der Waals surface area contributed by atoms with Crippen molar-refractivity contribution in [1.82, 2.24) is 9.80 Å². The number of nitrogens with zero attached hydrogens (tertiary/aromatic N) is 3. The zero-order chi connectivity index (χ0) is 18.1. The normalized spacial score (nSPS) is 21.0. The van der Waals surface area contributed by atoms with Gasteiger partial charge in [0.25, 0.3) is 0 Å². The summed E-state index contributed by atoms with van der Waals surface area (Å²) in [6, 6.07) is 5.79. The highest BCUT2D eigenvalue weighted by molar-refractivity contribution is 9.10. The van der Waals surface area contributed by atoms with Gasteiger partial charge in [0.05, 0.1) is 0 Å². The molecule has 134 valence electrons. The summed E-state index contributed by atoms with van der Waals surface area (Å²) in [6.45, 7) is 6.14. The topological polar surface area (TPSA) is 60.9 Å². The fraction of sp³-hybridized carbons (Fsp3) is 0.500. The molecule has 0 bridgehead atoms. The molecule has 0 aromatic heterocycles. The van der Waals surface area contributed by atoms with E-state index in [1.54, 1.807) is 14.7 Å². The van der Waals surface area contributed by atoms with Crippen molar-refractivity contribution < 1.29 is 14.4 Å². The smallest absolute Gasteiger partial charge is 0.239 e. The number of carbonyl (C=O) groups is 3. The maximum Gasteiger partial charge on any atom is 0.239 e. The van der Waals surface area contributed by atoms with Crippen molar-refractivity contribution in [3.8, 4) is 0 Å². The summed E-state index contributed by atoms with van der Waals surface area (Å²) in [6.07, 6.45) is 0.542. The second-order valence-corrected chi connectivity index (χ2v) is 7.51. The maximum atomic E-state index is 12.8. The van der Waals surface area contributed by atoms with Gasteiger partial charge in [-0.25, -0.2) is 0 Å². The Balaban J connectivity index is 1.67. The van der Waals surface area contributed by atoms with Crippen molar-refractivity contribution in [2.75, 3.05) is 37.6 Å². The van der Waals surface area contributed by atoms with Crippen LogP contribution in [0.5, 0.6) is 0 Å². The lowest BCUT2D eigenvalue weighted by Gasteiger charge is -2.35. The molecule has 0 N–H and O–H groups in total. The minimum Gasteiger partial charge on any atom is -0.339 e. The third kappa shape index (κ3) is 3.56. The number of aryl methyl sites for hydroxylation is 1. The lowest BCUT2D eigenvalue weighted by atomic mass is 10.1. The number of rotatable bonds is 2. The molecular weight excluding hydrogens is 386 g/mol. The molecule has 1 aromatic carbocycles. The van der Waals surface area contributed by atoms with Gasteiger partial charge in [0.2, 0.25) is 17.7 Å². The van der Waals surface area contributed by atoms with Crippen LogP contribution in [-0.2, 0) is 14.4 Å². The quantitative estimate of drug-likeness (QED) is 0.702. The molecule has 3 amide bonds. The third-order valence-electron chi connectivity index (χ3n) is 4.99. The van der Waals surface area contributed by atoms with Crippen LogP contribution in [0.2, 0.25) is 0 Å². The predicted octanol–water partition coefficient (Wildman–Crippen LogP) is 1.80. The van der Waals surface area contributed by atoms with Gasteiger partial charge in [0, 0.05) is 49.8 Å². The van der Waals surface area contributed by atoms with Gasteiger partial charge in [0.1, 0.15) is 5.92 Å². The lowest BCUT2D eigenvalue weighted by molar-refractivity contribution is -0.144. The average Bonchev–Trinajstić information content (AvgIpc) is 2.96. The largest absolute Gasteiger partial charge is 0.339 e. The number of benzene rings is 1. The summed E-state index contributed by atoms with van der Waals surface area (Å²) in [7, 11) is 0. The molecule has 3 rings (SSSR count). The molecule has 0 aliphatic carbocycles. The van der Waals surface area contributed by atoms with Crippen LogP contribution in [-0.4, -0.2) is 60.2 Å². The minimum absolute atomic E-state index is 0.0286. The van der Waals surface area contributed by atoms with E-state index in [0.717, 1.165) is 15.7 Å². The first-order chi connectivity index (χ1) is 11.9. The summed E-state index contributed by atoms with van der Waals surface area (Å²) in [4.78, 5) is 42.1. The van der Waals surface area contributed by atoms with Gasteiger partial charge in [0.15, 0.2) is 0 Å². The van der Waals surface area contributed by atoms with E-state index in [-0.39, 0.29) is 17.7 Å². The number of piperazine rings is 1. The van der Waals surface area contributed by atoms with Crippen molar-refractivity contribution in [3.63, 3.8) is 0 Å². The Hall–Kier alpha value is -1.89. The number of hydrogen-bond acceptors (Lipinski definition) is 3. The number of halogens is 1. The van der Waals surface area contributed by atoms with Gasteiger partial charge in [-0.05, 0) is 37.1 Å². The van der Waals surface area contributed by atoms with Gasteiger partial charge in [-0.15, -0.1) is 0 Å². The van der Waals surface area contributed by atoms with E-state index >= 15 is 0 Å². The van der Waals surface area contributed by atoms with Crippen LogP contribution < -0.4 is 4.90 Å². The van der Waals surface area contributed by atoms with E-state index in [1.165, 1.54) is 6.92 Å². The van der Waals surface area contributed by atoms with Crippen LogP contribution in [0.25, 0.3) is 0 Å². The van der Waals surface area contributed by atoms with E-state index in [0.29, 0.717) is 39.1 Å². The van der Waals surface area contributed by atoms with Gasteiger partial charge in [-0.2, -0.15) is 0 Å². The molecule has 7 heteroatoms. The zero-order valence-corrected chi connectivity index (χ0v) is 16.1. The second kappa shape index (κ2) is 7.15. The first kappa shape index (κ1) is 17.9. The summed E-state index contributed by atoms with van der Waals surface area (Å²) in [5, 5.41) is 0. The summed E-state index contributed by atoms with van der Waals surface area (Å²) < 4.78 is 0.969. The molecule has 2 aliphatic heterocycles. The fourth-order valence-corrected chi connectivity index (χ4v) is 4.01. The monoisotopic (exact) mass is 407 g/mol. The number of anilines is 1. The van der Waals surface area contributed by atoms with E-state index in [9.17, 15) is 14.4 Å². The van der Waals surface area contributed by atoms with Crippen LogP contribution in [0, 0.1) is 12.8 Å². The summed E-state index contributed by atoms with van der Waals surface area (Å²) >= 11 is 3.43. The standard InChI is InChI=1S/C18H22BrN3O3/c1-12-11-14(19)3-4-16(12)22-6-5-15(18(22)25)17(24)21-9-7-20(8-10-21)13(2)23/h3-4,11,15H,5-10H2,1-2H3/t15-/m0/s1. The molecule has 2 fully saturated rings. The Kier molecular flexibility index (Phi) is 5.13. The second-order valence-electron chi connectivity index (χ2n) is 6.59. The van der Waals surface area contributed by atoms with Crippen molar-refractivity contribution in [2.24, 2.45) is 5.92 Å². The number of hydrogen-bond donors (Lipinski definition) is 0.